The second-order valence-electron chi connectivity index (χ2n) is 10.3. The molecule has 1 fully saturated rings. The van der Waals surface area contributed by atoms with Crippen LogP contribution in [-0.2, 0) is 24.2 Å². The Morgan fingerprint density at radius 2 is 2.03 bits per heavy atom. The Balaban J connectivity index is 1.47. The molecule has 2 aliphatic rings. The first-order valence-electron chi connectivity index (χ1n) is 13.3. The van der Waals surface area contributed by atoms with Gasteiger partial charge in [0, 0.05) is 24.4 Å². The number of carboxylic acids is 1. The van der Waals surface area contributed by atoms with E-state index in [1.807, 2.05) is 18.2 Å². The van der Waals surface area contributed by atoms with Crippen LogP contribution < -0.4 is 9.47 Å². The van der Waals surface area contributed by atoms with E-state index in [-0.39, 0.29) is 6.10 Å². The molecule has 2 atom stereocenters. The molecule has 3 aromatic rings. The third-order valence-corrected chi connectivity index (χ3v) is 7.63. The molecule has 1 N–H and O–H groups in total. The van der Waals surface area contributed by atoms with E-state index in [0.29, 0.717) is 17.9 Å². The minimum absolute atomic E-state index is 0.0940. The van der Waals surface area contributed by atoms with Crippen molar-refractivity contribution in [3.63, 3.8) is 0 Å². The molecule has 0 amide bonds. The average Bonchev–Trinajstić information content (AvgIpc) is 3.45. The first-order valence-corrected chi connectivity index (χ1v) is 13.3. The zero-order chi connectivity index (χ0) is 26.6. The summed E-state index contributed by atoms with van der Waals surface area (Å²) in [6, 6.07) is 16.6. The molecule has 0 radical (unpaired) electrons. The van der Waals surface area contributed by atoms with Crippen LogP contribution >= 0.6 is 0 Å². The van der Waals surface area contributed by atoms with Gasteiger partial charge in [-0.15, -0.1) is 0 Å². The first kappa shape index (κ1) is 25.7. The first-order chi connectivity index (χ1) is 18.4. The van der Waals surface area contributed by atoms with Gasteiger partial charge in [0.15, 0.2) is 0 Å². The second-order valence-corrected chi connectivity index (χ2v) is 10.3. The maximum Gasteiger partial charge on any atom is 0.306 e. The summed E-state index contributed by atoms with van der Waals surface area (Å²) in [4.78, 5) is 18.0. The van der Waals surface area contributed by atoms with E-state index in [9.17, 15) is 15.2 Å². The molecule has 0 bridgehead atoms. The summed E-state index contributed by atoms with van der Waals surface area (Å²) >= 11 is 0. The summed E-state index contributed by atoms with van der Waals surface area (Å²) in [5.41, 5.74) is 6.76. The lowest BCUT2D eigenvalue weighted by Gasteiger charge is -2.28. The normalized spacial score (nSPS) is 17.8. The smallest absolute Gasteiger partial charge is 0.306 e. The number of aromatic nitrogens is 1. The molecule has 1 aromatic heterocycles. The Kier molecular flexibility index (Phi) is 7.62. The van der Waals surface area contributed by atoms with Gasteiger partial charge in [0.2, 0.25) is 5.88 Å². The summed E-state index contributed by atoms with van der Waals surface area (Å²) in [6.45, 7) is 4.67. The summed E-state index contributed by atoms with van der Waals surface area (Å²) in [5, 5.41) is 19.1. The van der Waals surface area contributed by atoms with Gasteiger partial charge in [-0.1, -0.05) is 37.3 Å². The van der Waals surface area contributed by atoms with Gasteiger partial charge in [-0.3, -0.25) is 9.69 Å². The number of hydrogen-bond donors (Lipinski definition) is 1. The van der Waals surface area contributed by atoms with Crippen molar-refractivity contribution in [2.75, 3.05) is 20.2 Å². The number of aryl methyl sites for hydroxylation is 1. The Morgan fingerprint density at radius 1 is 1.21 bits per heavy atom. The fraction of sp³-hybridized carbons (Fsp3) is 0.387. The van der Waals surface area contributed by atoms with Gasteiger partial charge in [-0.05, 0) is 79.1 Å². The number of hydrogen-bond acceptors (Lipinski definition) is 6. The van der Waals surface area contributed by atoms with Crippen molar-refractivity contribution in [1.29, 1.82) is 5.26 Å². The quantitative estimate of drug-likeness (QED) is 0.423. The Bertz CT molecular complexity index is 1370. The SMILES string of the molecule is COc1cc(-c2ccc(C3CCc4ccc(CC(C)C(=O)O)cc4O3)cc2CN2CCCC2)c(C#N)cn1. The highest BCUT2D eigenvalue weighted by atomic mass is 16.5. The van der Waals surface area contributed by atoms with Crippen LogP contribution in [-0.4, -0.2) is 41.2 Å². The number of rotatable bonds is 8. The van der Waals surface area contributed by atoms with Gasteiger partial charge in [0.25, 0.3) is 0 Å². The summed E-state index contributed by atoms with van der Waals surface area (Å²) < 4.78 is 11.9. The van der Waals surface area contributed by atoms with Crippen LogP contribution in [0.15, 0.2) is 48.7 Å². The van der Waals surface area contributed by atoms with Crippen LogP contribution in [0.3, 0.4) is 0 Å². The van der Waals surface area contributed by atoms with Gasteiger partial charge in [0.1, 0.15) is 17.9 Å². The summed E-state index contributed by atoms with van der Waals surface area (Å²) in [5.74, 6) is 0.0827. The number of aliphatic carboxylic acids is 1. The van der Waals surface area contributed by atoms with Crippen LogP contribution in [0.2, 0.25) is 0 Å². The Labute approximate surface area is 223 Å². The molecular formula is C31H33N3O4. The third kappa shape index (κ3) is 5.51. The lowest BCUT2D eigenvalue weighted by molar-refractivity contribution is -0.141. The highest BCUT2D eigenvalue weighted by Gasteiger charge is 2.25. The topological polar surface area (TPSA) is 95.7 Å². The Morgan fingerprint density at radius 3 is 2.76 bits per heavy atom. The largest absolute Gasteiger partial charge is 0.485 e. The number of fused-ring (bicyclic) bond motifs is 1. The zero-order valence-corrected chi connectivity index (χ0v) is 21.9. The monoisotopic (exact) mass is 511 g/mol. The summed E-state index contributed by atoms with van der Waals surface area (Å²) in [6.07, 6.45) is 6.13. The van der Waals surface area contributed by atoms with Crippen LogP contribution in [0.1, 0.15) is 60.1 Å². The molecule has 5 rings (SSSR count). The molecule has 0 saturated carbocycles. The minimum Gasteiger partial charge on any atom is -0.485 e. The van der Waals surface area contributed by atoms with E-state index < -0.39 is 11.9 Å². The second kappa shape index (κ2) is 11.2. The molecule has 1 saturated heterocycles. The number of pyridine rings is 1. The van der Waals surface area contributed by atoms with Crippen LogP contribution in [0, 0.1) is 17.2 Å². The van der Waals surface area contributed by atoms with Gasteiger partial charge in [0.05, 0.1) is 18.6 Å². The predicted octanol–water partition coefficient (Wildman–Crippen LogP) is 5.55. The van der Waals surface area contributed by atoms with E-state index >= 15 is 0 Å². The highest BCUT2D eigenvalue weighted by Crippen LogP contribution is 2.38. The van der Waals surface area contributed by atoms with Crippen molar-refractivity contribution in [3.05, 3.63) is 76.5 Å². The van der Waals surface area contributed by atoms with Gasteiger partial charge >= 0.3 is 5.97 Å². The number of carboxylic acid groups (broad SMARTS) is 1. The molecule has 0 aliphatic carbocycles. The van der Waals surface area contributed by atoms with Gasteiger partial charge < -0.3 is 14.6 Å². The van der Waals surface area contributed by atoms with Crippen molar-refractivity contribution in [3.8, 4) is 28.8 Å². The van der Waals surface area contributed by atoms with E-state index in [1.165, 1.54) is 12.8 Å². The number of methoxy groups -OCH3 is 1. The number of nitriles is 1. The molecule has 2 aromatic carbocycles. The fourth-order valence-corrected chi connectivity index (χ4v) is 5.47. The standard InChI is InChI=1S/C31H33N3O4/c1-20(31(35)36)13-21-5-6-22-8-10-28(38-29(22)14-21)23-7-9-26(24(15-23)19-34-11-3-4-12-34)27-16-30(37-2)33-18-25(27)17-32/h5-7,9,14-16,18,20,28H,3-4,8,10-13,19H2,1-2H3,(H,35,36). The number of likely N-dealkylation sites (tertiary alicyclic amines) is 1. The van der Waals surface area contributed by atoms with Crippen molar-refractivity contribution >= 4 is 5.97 Å². The van der Waals surface area contributed by atoms with E-state index in [1.54, 1.807) is 20.2 Å². The predicted molar refractivity (Wildman–Crippen MR) is 144 cm³/mol. The number of ether oxygens (including phenoxy) is 2. The zero-order valence-electron chi connectivity index (χ0n) is 21.9. The Hall–Kier alpha value is -3.89. The van der Waals surface area contributed by atoms with Crippen LogP contribution in [0.5, 0.6) is 11.6 Å². The molecule has 2 unspecified atom stereocenters. The molecule has 7 heteroatoms. The van der Waals surface area contributed by atoms with Crippen molar-refractivity contribution < 1.29 is 19.4 Å². The van der Waals surface area contributed by atoms with Crippen LogP contribution in [0.4, 0.5) is 0 Å². The fourth-order valence-electron chi connectivity index (χ4n) is 5.47. The van der Waals surface area contributed by atoms with E-state index in [4.69, 9.17) is 9.47 Å². The highest BCUT2D eigenvalue weighted by molar-refractivity contribution is 5.74. The number of carbonyl (C=O) groups is 1. The minimum atomic E-state index is -0.793. The molecule has 2 aliphatic heterocycles. The molecule has 196 valence electrons. The lowest BCUT2D eigenvalue weighted by Crippen LogP contribution is -2.20. The molecule has 7 nitrogen and oxygen atoms in total. The molecule has 0 spiro atoms. The van der Waals surface area contributed by atoms with E-state index in [2.05, 4.69) is 40.2 Å². The van der Waals surface area contributed by atoms with Crippen LogP contribution in [0.25, 0.3) is 11.1 Å². The number of benzene rings is 2. The van der Waals surface area contributed by atoms with Gasteiger partial charge in [-0.2, -0.15) is 5.26 Å². The average molecular weight is 512 g/mol. The van der Waals surface area contributed by atoms with E-state index in [0.717, 1.165) is 71.6 Å². The maximum absolute atomic E-state index is 11.3. The molecule has 38 heavy (non-hydrogen) atoms. The lowest BCUT2D eigenvalue weighted by atomic mass is 9.90. The number of nitrogens with zero attached hydrogens (tertiary/aromatic N) is 3. The van der Waals surface area contributed by atoms with Crippen molar-refractivity contribution in [1.82, 2.24) is 9.88 Å². The molecular weight excluding hydrogens is 478 g/mol. The maximum atomic E-state index is 11.3. The van der Waals surface area contributed by atoms with Crippen molar-refractivity contribution in [2.24, 2.45) is 5.92 Å². The summed E-state index contributed by atoms with van der Waals surface area (Å²) in [7, 11) is 1.58. The van der Waals surface area contributed by atoms with Gasteiger partial charge in [-0.25, -0.2) is 4.98 Å². The van der Waals surface area contributed by atoms with Crippen molar-refractivity contribution in [2.45, 2.75) is 51.7 Å². The molecule has 3 heterocycles. The third-order valence-electron chi connectivity index (χ3n) is 7.63.